The van der Waals surface area contributed by atoms with Crippen molar-refractivity contribution in [3.63, 3.8) is 0 Å². The van der Waals surface area contributed by atoms with Gasteiger partial charge in [0.2, 0.25) is 0 Å². The lowest BCUT2D eigenvalue weighted by Crippen LogP contribution is -2.44. The van der Waals surface area contributed by atoms with Gasteiger partial charge in [-0.25, -0.2) is 9.97 Å². The number of hydrogen-bond donors (Lipinski definition) is 2. The van der Waals surface area contributed by atoms with Gasteiger partial charge in [0.05, 0.1) is 11.6 Å². The van der Waals surface area contributed by atoms with Gasteiger partial charge in [-0.05, 0) is 18.6 Å². The lowest BCUT2D eigenvalue weighted by atomic mass is 10.3. The first-order chi connectivity index (χ1) is 12.6. The van der Waals surface area contributed by atoms with E-state index in [2.05, 4.69) is 30.5 Å². The van der Waals surface area contributed by atoms with Crippen molar-refractivity contribution >= 4 is 47.4 Å². The van der Waals surface area contributed by atoms with Gasteiger partial charge in [0.25, 0.3) is 0 Å². The Morgan fingerprint density at radius 2 is 2.22 bits per heavy atom. The summed E-state index contributed by atoms with van der Waals surface area (Å²) in [5.41, 5.74) is 0. The van der Waals surface area contributed by atoms with E-state index < -0.39 is 6.55 Å². The van der Waals surface area contributed by atoms with E-state index in [1.807, 2.05) is 6.07 Å². The largest absolute Gasteiger partial charge is 0.353 e. The summed E-state index contributed by atoms with van der Waals surface area (Å²) in [7, 11) is 1.64. The number of pyridine rings is 1. The van der Waals surface area contributed by atoms with Crippen molar-refractivity contribution in [3.8, 4) is 0 Å². The molecule has 3 heterocycles. The molecule has 0 aliphatic carbocycles. The molecule has 1 atom stereocenters. The zero-order valence-electron chi connectivity index (χ0n) is 14.6. The SMILES string of the molecule is CN=C(NCc1nccn1C(F)F)NC1CCN(c2ncccc2Cl)C1.I. The number of imidazole rings is 1. The maximum Gasteiger partial charge on any atom is 0.319 e. The molecule has 1 fully saturated rings. The third-order valence-corrected chi connectivity index (χ3v) is 4.46. The molecule has 0 saturated carbocycles. The highest BCUT2D eigenvalue weighted by atomic mass is 127. The van der Waals surface area contributed by atoms with Gasteiger partial charge in [-0.1, -0.05) is 11.6 Å². The molecule has 0 radical (unpaired) electrons. The highest BCUT2D eigenvalue weighted by Crippen LogP contribution is 2.25. The molecule has 1 unspecified atom stereocenters. The van der Waals surface area contributed by atoms with Gasteiger partial charge in [0.1, 0.15) is 11.6 Å². The van der Waals surface area contributed by atoms with Crippen LogP contribution in [0.3, 0.4) is 0 Å². The van der Waals surface area contributed by atoms with Crippen molar-refractivity contribution in [2.24, 2.45) is 4.99 Å². The summed E-state index contributed by atoms with van der Waals surface area (Å²) in [5.74, 6) is 1.55. The third-order valence-electron chi connectivity index (χ3n) is 4.16. The summed E-state index contributed by atoms with van der Waals surface area (Å²) in [5, 5.41) is 6.94. The van der Waals surface area contributed by atoms with Crippen LogP contribution in [-0.2, 0) is 6.54 Å². The Balaban J connectivity index is 0.00000261. The molecule has 0 bridgehead atoms. The second-order valence-electron chi connectivity index (χ2n) is 5.84. The molecule has 2 N–H and O–H groups in total. The van der Waals surface area contributed by atoms with Gasteiger partial charge in [-0.15, -0.1) is 24.0 Å². The number of halogens is 4. The van der Waals surface area contributed by atoms with Crippen molar-refractivity contribution in [1.29, 1.82) is 0 Å². The van der Waals surface area contributed by atoms with Gasteiger partial charge in [0, 0.05) is 44.8 Å². The summed E-state index contributed by atoms with van der Waals surface area (Å²) in [6.07, 6.45) is 5.21. The van der Waals surface area contributed by atoms with Crippen LogP contribution in [0.5, 0.6) is 0 Å². The van der Waals surface area contributed by atoms with Crippen molar-refractivity contribution in [2.75, 3.05) is 25.0 Å². The minimum atomic E-state index is -2.62. The molecular formula is C16H21ClF2IN7. The number of nitrogens with zero attached hydrogens (tertiary/aromatic N) is 5. The second-order valence-corrected chi connectivity index (χ2v) is 6.25. The van der Waals surface area contributed by atoms with Crippen molar-refractivity contribution < 1.29 is 8.78 Å². The zero-order chi connectivity index (χ0) is 18.5. The topological polar surface area (TPSA) is 70.4 Å². The number of hydrogen-bond acceptors (Lipinski definition) is 4. The normalized spacial score (nSPS) is 17.1. The van der Waals surface area contributed by atoms with Crippen LogP contribution >= 0.6 is 35.6 Å². The van der Waals surface area contributed by atoms with E-state index in [4.69, 9.17) is 11.6 Å². The van der Waals surface area contributed by atoms with Crippen LogP contribution in [0.4, 0.5) is 14.6 Å². The molecule has 2 aromatic heterocycles. The van der Waals surface area contributed by atoms with E-state index in [0.717, 1.165) is 29.9 Å². The van der Waals surface area contributed by atoms with Gasteiger partial charge >= 0.3 is 6.55 Å². The van der Waals surface area contributed by atoms with Gasteiger partial charge in [0.15, 0.2) is 5.96 Å². The summed E-state index contributed by atoms with van der Waals surface area (Å²) >= 11 is 6.20. The van der Waals surface area contributed by atoms with Crippen LogP contribution in [0, 0.1) is 0 Å². The molecule has 1 aliphatic heterocycles. The summed E-state index contributed by atoms with van der Waals surface area (Å²) < 4.78 is 26.5. The lowest BCUT2D eigenvalue weighted by Gasteiger charge is -2.20. The molecular weight excluding hydrogens is 491 g/mol. The first-order valence-corrected chi connectivity index (χ1v) is 8.58. The highest BCUT2D eigenvalue weighted by Gasteiger charge is 2.25. The first-order valence-electron chi connectivity index (χ1n) is 8.21. The molecule has 148 valence electrons. The molecule has 1 saturated heterocycles. The third kappa shape index (κ3) is 5.41. The zero-order valence-corrected chi connectivity index (χ0v) is 17.7. The minimum absolute atomic E-state index is 0. The Morgan fingerprint density at radius 1 is 1.41 bits per heavy atom. The Bertz CT molecular complexity index is 771. The minimum Gasteiger partial charge on any atom is -0.353 e. The number of anilines is 1. The number of nitrogens with one attached hydrogen (secondary N) is 2. The van der Waals surface area contributed by atoms with E-state index in [1.165, 1.54) is 12.4 Å². The van der Waals surface area contributed by atoms with Crippen LogP contribution in [0.1, 0.15) is 18.8 Å². The maximum absolute atomic E-state index is 12.9. The lowest BCUT2D eigenvalue weighted by molar-refractivity contribution is 0.0668. The number of aliphatic imine (C=N–C) groups is 1. The molecule has 0 aromatic carbocycles. The standard InChI is InChI=1S/C16H20ClF2N7.HI/c1-20-16(23-9-13-21-6-8-26(13)15(18)19)24-11-4-7-25(10-11)14-12(17)3-2-5-22-14;/h2-3,5-6,8,11,15H,4,7,9-10H2,1H3,(H2,20,23,24);1H. The smallest absolute Gasteiger partial charge is 0.319 e. The quantitative estimate of drug-likeness (QED) is 0.367. The summed E-state index contributed by atoms with van der Waals surface area (Å²) in [6.45, 7) is -0.917. The van der Waals surface area contributed by atoms with Crippen LogP contribution in [0.25, 0.3) is 0 Å². The molecule has 0 spiro atoms. The molecule has 2 aromatic rings. The fourth-order valence-electron chi connectivity index (χ4n) is 2.89. The monoisotopic (exact) mass is 511 g/mol. The van der Waals surface area contributed by atoms with Gasteiger partial charge in [-0.2, -0.15) is 8.78 Å². The van der Waals surface area contributed by atoms with E-state index in [1.54, 1.807) is 19.3 Å². The number of alkyl halides is 2. The van der Waals surface area contributed by atoms with Gasteiger partial charge in [-0.3, -0.25) is 9.56 Å². The van der Waals surface area contributed by atoms with Crippen molar-refractivity contribution in [3.05, 3.63) is 41.6 Å². The molecule has 11 heteroatoms. The van der Waals surface area contributed by atoms with Crippen LogP contribution in [0.15, 0.2) is 35.7 Å². The average Bonchev–Trinajstić information content (AvgIpc) is 3.28. The van der Waals surface area contributed by atoms with Crippen LogP contribution < -0.4 is 15.5 Å². The predicted molar refractivity (Wildman–Crippen MR) is 112 cm³/mol. The molecule has 0 amide bonds. The van der Waals surface area contributed by atoms with E-state index in [0.29, 0.717) is 11.0 Å². The van der Waals surface area contributed by atoms with E-state index >= 15 is 0 Å². The summed E-state index contributed by atoms with van der Waals surface area (Å²) in [4.78, 5) is 14.5. The Morgan fingerprint density at radius 3 is 2.93 bits per heavy atom. The molecule has 27 heavy (non-hydrogen) atoms. The van der Waals surface area contributed by atoms with Crippen molar-refractivity contribution in [2.45, 2.75) is 25.6 Å². The number of guanidine groups is 1. The molecule has 7 nitrogen and oxygen atoms in total. The van der Waals surface area contributed by atoms with E-state index in [-0.39, 0.29) is 42.4 Å². The fourth-order valence-corrected chi connectivity index (χ4v) is 3.13. The van der Waals surface area contributed by atoms with E-state index in [9.17, 15) is 8.78 Å². The Hall–Kier alpha value is -1.69. The summed E-state index contributed by atoms with van der Waals surface area (Å²) in [6, 6.07) is 3.76. The highest BCUT2D eigenvalue weighted by molar-refractivity contribution is 14.0. The van der Waals surface area contributed by atoms with Crippen molar-refractivity contribution in [1.82, 2.24) is 25.2 Å². The molecule has 3 rings (SSSR count). The van der Waals surface area contributed by atoms with Crippen LogP contribution in [-0.4, -0.2) is 46.7 Å². The van der Waals surface area contributed by atoms with Crippen LogP contribution in [0.2, 0.25) is 5.02 Å². The average molecular weight is 512 g/mol. The Labute approximate surface area is 178 Å². The number of aromatic nitrogens is 3. The first kappa shape index (κ1) is 21.6. The van der Waals surface area contributed by atoms with Gasteiger partial charge < -0.3 is 15.5 Å². The molecule has 1 aliphatic rings. The second kappa shape index (κ2) is 10.0. The number of rotatable bonds is 5. The Kier molecular flexibility index (Phi) is 8.02. The maximum atomic E-state index is 12.9. The fraction of sp³-hybridized carbons (Fsp3) is 0.438. The predicted octanol–water partition coefficient (Wildman–Crippen LogP) is 2.89.